The maximum atomic E-state index is 13.0. The Morgan fingerprint density at radius 1 is 1.50 bits per heavy atom. The summed E-state index contributed by atoms with van der Waals surface area (Å²) in [5, 5.41) is 8.43. The quantitative estimate of drug-likeness (QED) is 0.681. The van der Waals surface area contributed by atoms with E-state index >= 15 is 0 Å². The zero-order valence-electron chi connectivity index (χ0n) is 7.65. The van der Waals surface area contributed by atoms with Gasteiger partial charge in [0.25, 0.3) is 6.30 Å². The van der Waals surface area contributed by atoms with Crippen molar-refractivity contribution in [3.05, 3.63) is 0 Å². The van der Waals surface area contributed by atoms with Crippen molar-refractivity contribution in [3.63, 3.8) is 0 Å². The molecular formula is C9H12FNO3. The lowest BCUT2D eigenvalue weighted by Gasteiger charge is -2.17. The van der Waals surface area contributed by atoms with E-state index in [1.54, 1.807) is 0 Å². The van der Waals surface area contributed by atoms with Gasteiger partial charge in [-0.1, -0.05) is 0 Å². The number of carboxylic acids is 1. The van der Waals surface area contributed by atoms with Crippen LogP contribution < -0.4 is 0 Å². The molecule has 0 bridgehead atoms. The minimum absolute atomic E-state index is 0.181. The third kappa shape index (κ3) is 1.58. The van der Waals surface area contributed by atoms with E-state index in [0.717, 1.165) is 17.7 Å². The lowest BCUT2D eigenvalue weighted by atomic mass is 10.0. The number of likely N-dealkylation sites (tertiary alicyclic amines) is 1. The molecule has 2 fully saturated rings. The number of halogens is 1. The monoisotopic (exact) mass is 201 g/mol. The normalized spacial score (nSPS) is 29.4. The number of hydrogen-bond donors (Lipinski definition) is 1. The average Bonchev–Trinajstić information content (AvgIpc) is 2.89. The third-order valence-electron chi connectivity index (χ3n) is 2.95. The minimum Gasteiger partial charge on any atom is -0.478 e. The highest BCUT2D eigenvalue weighted by Crippen LogP contribution is 2.42. The van der Waals surface area contributed by atoms with Crippen molar-refractivity contribution in [1.29, 1.82) is 0 Å². The van der Waals surface area contributed by atoms with Crippen LogP contribution in [0.25, 0.3) is 0 Å². The van der Waals surface area contributed by atoms with Gasteiger partial charge in [-0.25, -0.2) is 9.18 Å². The summed E-state index contributed by atoms with van der Waals surface area (Å²) in [5.41, 5.74) is 0. The molecule has 1 N–H and O–H groups in total. The summed E-state index contributed by atoms with van der Waals surface area (Å²) >= 11 is 0. The molecule has 0 radical (unpaired) electrons. The largest absolute Gasteiger partial charge is 0.478 e. The molecule has 0 aromatic heterocycles. The first-order valence-electron chi connectivity index (χ1n) is 4.76. The number of nitrogens with zero attached hydrogens (tertiary/aromatic N) is 1. The molecule has 1 aliphatic heterocycles. The summed E-state index contributed by atoms with van der Waals surface area (Å²) in [6.07, 6.45) is 0.343. The molecule has 1 heterocycles. The van der Waals surface area contributed by atoms with Crippen LogP contribution in [0.5, 0.6) is 0 Å². The smallest absolute Gasteiger partial charge is 0.359 e. The van der Waals surface area contributed by atoms with E-state index in [-0.39, 0.29) is 18.4 Å². The number of rotatable bonds is 3. The molecular weight excluding hydrogens is 189 g/mol. The summed E-state index contributed by atoms with van der Waals surface area (Å²) in [6, 6.07) is 0. The van der Waals surface area contributed by atoms with E-state index in [1.165, 1.54) is 0 Å². The molecule has 2 rings (SSSR count). The van der Waals surface area contributed by atoms with Crippen molar-refractivity contribution in [2.24, 2.45) is 11.8 Å². The van der Waals surface area contributed by atoms with Crippen LogP contribution in [0.2, 0.25) is 0 Å². The van der Waals surface area contributed by atoms with Crippen LogP contribution in [-0.2, 0) is 9.59 Å². The third-order valence-corrected chi connectivity index (χ3v) is 2.95. The molecule has 2 atom stereocenters. The second kappa shape index (κ2) is 3.22. The highest BCUT2D eigenvalue weighted by molar-refractivity contribution is 5.84. The number of alkyl halides is 1. The van der Waals surface area contributed by atoms with Crippen LogP contribution in [0, 0.1) is 11.8 Å². The van der Waals surface area contributed by atoms with Crippen LogP contribution in [0.15, 0.2) is 0 Å². The van der Waals surface area contributed by atoms with Gasteiger partial charge in [0.2, 0.25) is 5.91 Å². The lowest BCUT2D eigenvalue weighted by molar-refractivity contribution is -0.155. The first-order chi connectivity index (χ1) is 6.59. The van der Waals surface area contributed by atoms with E-state index < -0.39 is 12.3 Å². The van der Waals surface area contributed by atoms with Gasteiger partial charge in [-0.2, -0.15) is 0 Å². The Morgan fingerprint density at radius 3 is 2.64 bits per heavy atom. The number of carboxylic acid groups (broad SMARTS) is 1. The summed E-state index contributed by atoms with van der Waals surface area (Å²) in [6.45, 7) is 0.275. The SMILES string of the molecule is O=C(O)C(F)N1CC(C2CC2)CC1=O. The maximum absolute atomic E-state index is 13.0. The Labute approximate surface area is 80.7 Å². The Balaban J connectivity index is 1.99. The number of hydrogen-bond acceptors (Lipinski definition) is 2. The molecule has 14 heavy (non-hydrogen) atoms. The molecule has 2 unspecified atom stereocenters. The van der Waals surface area contributed by atoms with Crippen LogP contribution >= 0.6 is 0 Å². The molecule has 1 amide bonds. The highest BCUT2D eigenvalue weighted by atomic mass is 19.1. The first-order valence-corrected chi connectivity index (χ1v) is 4.76. The summed E-state index contributed by atoms with van der Waals surface area (Å²) < 4.78 is 13.0. The summed E-state index contributed by atoms with van der Waals surface area (Å²) in [5.74, 6) is -1.24. The van der Waals surface area contributed by atoms with Crippen molar-refractivity contribution in [2.45, 2.75) is 25.6 Å². The topological polar surface area (TPSA) is 57.6 Å². The van der Waals surface area contributed by atoms with Crippen LogP contribution in [0.3, 0.4) is 0 Å². The van der Waals surface area contributed by atoms with Gasteiger partial charge >= 0.3 is 5.97 Å². The first kappa shape index (κ1) is 9.43. The van der Waals surface area contributed by atoms with Gasteiger partial charge in [-0.15, -0.1) is 0 Å². The Hall–Kier alpha value is -1.13. The fraction of sp³-hybridized carbons (Fsp3) is 0.778. The molecule has 4 nitrogen and oxygen atoms in total. The minimum atomic E-state index is -2.16. The van der Waals surface area contributed by atoms with Crippen LogP contribution in [0.1, 0.15) is 19.3 Å². The van der Waals surface area contributed by atoms with Gasteiger partial charge in [0.1, 0.15) is 0 Å². The predicted octanol–water partition coefficient (Wildman–Crippen LogP) is 0.625. The fourth-order valence-corrected chi connectivity index (χ4v) is 2.00. The van der Waals surface area contributed by atoms with Crippen molar-refractivity contribution >= 4 is 11.9 Å². The standard InChI is InChI=1S/C9H12FNO3/c10-8(9(13)14)11-4-6(3-7(11)12)5-1-2-5/h5-6,8H,1-4H2,(H,13,14). The highest BCUT2D eigenvalue weighted by Gasteiger charge is 2.43. The molecule has 0 spiro atoms. The zero-order chi connectivity index (χ0) is 10.3. The van der Waals surface area contributed by atoms with Gasteiger partial charge in [-0.05, 0) is 24.7 Å². The van der Waals surface area contributed by atoms with Crippen LogP contribution in [0.4, 0.5) is 4.39 Å². The Kier molecular flexibility index (Phi) is 2.17. The average molecular weight is 201 g/mol. The molecule has 5 heteroatoms. The second-order valence-corrected chi connectivity index (χ2v) is 4.02. The predicted molar refractivity (Wildman–Crippen MR) is 45.1 cm³/mol. The van der Waals surface area contributed by atoms with Gasteiger partial charge in [0.15, 0.2) is 0 Å². The van der Waals surface area contributed by atoms with E-state index in [1.807, 2.05) is 0 Å². The van der Waals surface area contributed by atoms with Crippen LogP contribution in [-0.4, -0.2) is 34.7 Å². The maximum Gasteiger partial charge on any atom is 0.359 e. The van der Waals surface area contributed by atoms with Crippen molar-refractivity contribution in [1.82, 2.24) is 4.90 Å². The molecule has 1 aliphatic carbocycles. The molecule has 0 aromatic carbocycles. The van der Waals surface area contributed by atoms with Crippen molar-refractivity contribution in [2.75, 3.05) is 6.54 Å². The lowest BCUT2D eigenvalue weighted by Crippen LogP contribution is -2.39. The Bertz CT molecular complexity index is 277. The molecule has 78 valence electrons. The zero-order valence-corrected chi connectivity index (χ0v) is 7.65. The second-order valence-electron chi connectivity index (χ2n) is 4.02. The summed E-state index contributed by atoms with van der Waals surface area (Å²) in [4.78, 5) is 22.5. The Morgan fingerprint density at radius 2 is 2.14 bits per heavy atom. The van der Waals surface area contributed by atoms with E-state index in [4.69, 9.17) is 5.11 Å². The van der Waals surface area contributed by atoms with Crippen molar-refractivity contribution < 1.29 is 19.1 Å². The van der Waals surface area contributed by atoms with E-state index in [0.29, 0.717) is 12.3 Å². The van der Waals surface area contributed by atoms with E-state index in [9.17, 15) is 14.0 Å². The van der Waals surface area contributed by atoms with Gasteiger partial charge in [-0.3, -0.25) is 4.79 Å². The molecule has 2 aliphatic rings. The van der Waals surface area contributed by atoms with Gasteiger partial charge in [0, 0.05) is 13.0 Å². The number of aliphatic carboxylic acids is 1. The molecule has 1 saturated carbocycles. The van der Waals surface area contributed by atoms with E-state index in [2.05, 4.69) is 0 Å². The number of carbonyl (C=O) groups excluding carboxylic acids is 1. The summed E-state index contributed by atoms with van der Waals surface area (Å²) in [7, 11) is 0. The fourth-order valence-electron chi connectivity index (χ4n) is 2.00. The molecule has 0 aromatic rings. The van der Waals surface area contributed by atoms with Gasteiger partial charge in [0.05, 0.1) is 0 Å². The number of amides is 1. The van der Waals surface area contributed by atoms with Gasteiger partial charge < -0.3 is 10.0 Å². The van der Waals surface area contributed by atoms with Crippen molar-refractivity contribution in [3.8, 4) is 0 Å². The number of carbonyl (C=O) groups is 2. The molecule has 1 saturated heterocycles.